The maximum atomic E-state index is 9.05. The fourth-order valence-corrected chi connectivity index (χ4v) is 2.20. The number of rotatable bonds is 2. The Morgan fingerprint density at radius 2 is 2.29 bits per heavy atom. The number of aryl methyl sites for hydroxylation is 1. The van der Waals surface area contributed by atoms with Gasteiger partial charge in [0, 0.05) is 15.8 Å². The zero-order valence-electron chi connectivity index (χ0n) is 8.07. The van der Waals surface area contributed by atoms with E-state index in [0.29, 0.717) is 11.5 Å². The zero-order valence-corrected chi connectivity index (χ0v) is 8.89. The van der Waals surface area contributed by atoms with Crippen LogP contribution in [0, 0.1) is 13.8 Å². The standard InChI is InChI=1S/C10H11NO2S/c1-6-7(2)14-4-8(6)10-9(3-12)11-5-13-10/h4-5,12H,3H2,1-2H3. The minimum atomic E-state index is -0.0832. The number of aliphatic hydroxyl groups is 1. The molecule has 0 aliphatic carbocycles. The van der Waals surface area contributed by atoms with Crippen LogP contribution in [0.15, 0.2) is 16.2 Å². The van der Waals surface area contributed by atoms with Crippen molar-refractivity contribution in [1.29, 1.82) is 0 Å². The molecule has 4 heteroatoms. The third-order valence-corrected chi connectivity index (χ3v) is 3.33. The van der Waals surface area contributed by atoms with Gasteiger partial charge in [-0.05, 0) is 19.4 Å². The average Bonchev–Trinajstić information content (AvgIpc) is 2.75. The number of aliphatic hydroxyl groups excluding tert-OH is 1. The van der Waals surface area contributed by atoms with E-state index >= 15 is 0 Å². The molecule has 0 saturated carbocycles. The summed E-state index contributed by atoms with van der Waals surface area (Å²) in [7, 11) is 0. The second-order valence-electron chi connectivity index (χ2n) is 3.12. The monoisotopic (exact) mass is 209 g/mol. The third kappa shape index (κ3) is 1.36. The lowest BCUT2D eigenvalue weighted by Gasteiger charge is -1.97. The lowest BCUT2D eigenvalue weighted by atomic mass is 10.1. The van der Waals surface area contributed by atoms with E-state index in [1.807, 2.05) is 12.3 Å². The Labute approximate surface area is 86.0 Å². The summed E-state index contributed by atoms with van der Waals surface area (Å²) in [5.74, 6) is 0.689. The number of thiophene rings is 1. The summed E-state index contributed by atoms with van der Waals surface area (Å²) >= 11 is 1.68. The fraction of sp³-hybridized carbons (Fsp3) is 0.300. The number of oxazole rings is 1. The van der Waals surface area contributed by atoms with Gasteiger partial charge in [-0.3, -0.25) is 0 Å². The van der Waals surface area contributed by atoms with E-state index in [1.54, 1.807) is 11.3 Å². The van der Waals surface area contributed by atoms with E-state index in [2.05, 4.69) is 11.9 Å². The summed E-state index contributed by atoms with van der Waals surface area (Å²) < 4.78 is 5.27. The van der Waals surface area contributed by atoms with Crippen molar-refractivity contribution >= 4 is 11.3 Å². The Balaban J connectivity index is 2.54. The van der Waals surface area contributed by atoms with Crippen molar-refractivity contribution in [3.8, 4) is 11.3 Å². The van der Waals surface area contributed by atoms with Crippen molar-refractivity contribution in [3.63, 3.8) is 0 Å². The largest absolute Gasteiger partial charge is 0.443 e. The van der Waals surface area contributed by atoms with Crippen molar-refractivity contribution in [3.05, 3.63) is 27.9 Å². The van der Waals surface area contributed by atoms with E-state index < -0.39 is 0 Å². The SMILES string of the molecule is Cc1scc(-c2ocnc2CO)c1C. The molecular weight excluding hydrogens is 198 g/mol. The highest BCUT2D eigenvalue weighted by molar-refractivity contribution is 7.10. The van der Waals surface area contributed by atoms with Gasteiger partial charge in [0.05, 0.1) is 6.61 Å². The molecule has 0 atom stereocenters. The Morgan fingerprint density at radius 3 is 2.86 bits per heavy atom. The van der Waals surface area contributed by atoms with Crippen LogP contribution in [0.4, 0.5) is 0 Å². The zero-order chi connectivity index (χ0) is 10.1. The first-order chi connectivity index (χ1) is 6.74. The van der Waals surface area contributed by atoms with Gasteiger partial charge >= 0.3 is 0 Å². The molecule has 0 saturated heterocycles. The molecule has 2 aromatic rings. The molecule has 74 valence electrons. The minimum absolute atomic E-state index is 0.0832. The van der Waals surface area contributed by atoms with Crippen LogP contribution in [0.1, 0.15) is 16.1 Å². The van der Waals surface area contributed by atoms with Crippen LogP contribution in [0.3, 0.4) is 0 Å². The minimum Gasteiger partial charge on any atom is -0.443 e. The smallest absolute Gasteiger partial charge is 0.181 e. The first-order valence-corrected chi connectivity index (χ1v) is 5.20. The molecule has 0 aliphatic rings. The van der Waals surface area contributed by atoms with E-state index in [1.165, 1.54) is 16.8 Å². The number of hydrogen-bond donors (Lipinski definition) is 1. The second-order valence-corrected chi connectivity index (χ2v) is 4.20. The maximum absolute atomic E-state index is 9.05. The maximum Gasteiger partial charge on any atom is 0.181 e. The Hall–Kier alpha value is -1.13. The van der Waals surface area contributed by atoms with Gasteiger partial charge in [0.1, 0.15) is 5.69 Å². The molecule has 2 aromatic heterocycles. The molecule has 2 rings (SSSR count). The summed E-state index contributed by atoms with van der Waals surface area (Å²) in [6.07, 6.45) is 1.37. The van der Waals surface area contributed by atoms with Crippen LogP contribution in [-0.2, 0) is 6.61 Å². The van der Waals surface area contributed by atoms with Crippen molar-refractivity contribution in [2.75, 3.05) is 0 Å². The topological polar surface area (TPSA) is 46.3 Å². The number of aromatic nitrogens is 1. The Bertz CT molecular complexity index is 445. The molecule has 0 bridgehead atoms. The van der Waals surface area contributed by atoms with Gasteiger partial charge in [0.25, 0.3) is 0 Å². The predicted octanol–water partition coefficient (Wildman–Crippen LogP) is 2.51. The molecular formula is C10H11NO2S. The highest BCUT2D eigenvalue weighted by Crippen LogP contribution is 2.32. The highest BCUT2D eigenvalue weighted by atomic mass is 32.1. The van der Waals surface area contributed by atoms with Crippen molar-refractivity contribution in [1.82, 2.24) is 4.98 Å². The molecule has 0 fully saturated rings. The van der Waals surface area contributed by atoms with E-state index in [4.69, 9.17) is 9.52 Å². The first kappa shape index (κ1) is 9.43. The lowest BCUT2D eigenvalue weighted by Crippen LogP contribution is -1.86. The summed E-state index contributed by atoms with van der Waals surface area (Å²) in [5.41, 5.74) is 2.83. The van der Waals surface area contributed by atoms with Crippen LogP contribution < -0.4 is 0 Å². The van der Waals surface area contributed by atoms with Crippen LogP contribution in [0.2, 0.25) is 0 Å². The molecule has 0 amide bonds. The molecule has 0 spiro atoms. The molecule has 0 radical (unpaired) electrons. The molecule has 0 aromatic carbocycles. The van der Waals surface area contributed by atoms with Crippen LogP contribution in [0.25, 0.3) is 11.3 Å². The van der Waals surface area contributed by atoms with E-state index in [-0.39, 0.29) is 6.61 Å². The third-order valence-electron chi connectivity index (χ3n) is 2.32. The normalized spacial score (nSPS) is 10.8. The van der Waals surface area contributed by atoms with Gasteiger partial charge in [-0.15, -0.1) is 11.3 Å². The van der Waals surface area contributed by atoms with Crippen LogP contribution >= 0.6 is 11.3 Å². The number of hydrogen-bond acceptors (Lipinski definition) is 4. The van der Waals surface area contributed by atoms with Gasteiger partial charge in [-0.1, -0.05) is 0 Å². The molecule has 3 nitrogen and oxygen atoms in total. The van der Waals surface area contributed by atoms with Gasteiger partial charge in [-0.25, -0.2) is 4.98 Å². The average molecular weight is 209 g/mol. The molecule has 1 N–H and O–H groups in total. The summed E-state index contributed by atoms with van der Waals surface area (Å²) in [5, 5.41) is 11.1. The molecule has 2 heterocycles. The van der Waals surface area contributed by atoms with Crippen molar-refractivity contribution in [2.45, 2.75) is 20.5 Å². The Morgan fingerprint density at radius 1 is 1.50 bits per heavy atom. The Kier molecular flexibility index (Phi) is 2.39. The predicted molar refractivity (Wildman–Crippen MR) is 55.2 cm³/mol. The highest BCUT2D eigenvalue weighted by Gasteiger charge is 2.14. The van der Waals surface area contributed by atoms with Crippen LogP contribution in [0.5, 0.6) is 0 Å². The van der Waals surface area contributed by atoms with Crippen LogP contribution in [-0.4, -0.2) is 10.1 Å². The molecule has 0 unspecified atom stereocenters. The van der Waals surface area contributed by atoms with Gasteiger partial charge in [-0.2, -0.15) is 0 Å². The van der Waals surface area contributed by atoms with Crippen molar-refractivity contribution < 1.29 is 9.52 Å². The lowest BCUT2D eigenvalue weighted by molar-refractivity contribution is 0.277. The quantitative estimate of drug-likeness (QED) is 0.826. The molecule has 14 heavy (non-hydrogen) atoms. The first-order valence-electron chi connectivity index (χ1n) is 4.32. The summed E-state index contributed by atoms with van der Waals surface area (Å²) in [4.78, 5) is 5.21. The summed E-state index contributed by atoms with van der Waals surface area (Å²) in [6.45, 7) is 4.03. The van der Waals surface area contributed by atoms with E-state index in [0.717, 1.165) is 5.56 Å². The summed E-state index contributed by atoms with van der Waals surface area (Å²) in [6, 6.07) is 0. The van der Waals surface area contributed by atoms with Gasteiger partial charge in [0.15, 0.2) is 12.2 Å². The van der Waals surface area contributed by atoms with E-state index in [9.17, 15) is 0 Å². The number of nitrogens with zero attached hydrogens (tertiary/aromatic N) is 1. The van der Waals surface area contributed by atoms with Gasteiger partial charge in [0.2, 0.25) is 0 Å². The van der Waals surface area contributed by atoms with Gasteiger partial charge < -0.3 is 9.52 Å². The van der Waals surface area contributed by atoms with Crippen molar-refractivity contribution in [2.24, 2.45) is 0 Å². The second kappa shape index (κ2) is 3.55. The molecule has 0 aliphatic heterocycles. The fourth-order valence-electron chi connectivity index (χ4n) is 1.34.